The van der Waals surface area contributed by atoms with Crippen molar-refractivity contribution in [3.63, 3.8) is 0 Å². The number of carbonyl (C=O) groups is 2. The molecule has 4 rings (SSSR count). The van der Waals surface area contributed by atoms with E-state index in [1.54, 1.807) is 23.2 Å². The highest BCUT2D eigenvalue weighted by Gasteiger charge is 2.39. The molecule has 2 aliphatic heterocycles. The lowest BCUT2D eigenvalue weighted by molar-refractivity contribution is -0.130. The van der Waals surface area contributed by atoms with Gasteiger partial charge in [-0.05, 0) is 24.1 Å². The summed E-state index contributed by atoms with van der Waals surface area (Å²) in [5.41, 5.74) is 2.01. The van der Waals surface area contributed by atoms with Gasteiger partial charge in [0.1, 0.15) is 12.2 Å². The molecule has 3 heterocycles. The van der Waals surface area contributed by atoms with Gasteiger partial charge in [-0.25, -0.2) is 0 Å². The van der Waals surface area contributed by atoms with Gasteiger partial charge in [0.15, 0.2) is 0 Å². The molecule has 0 bridgehead atoms. The molecule has 170 valence electrons. The van der Waals surface area contributed by atoms with Gasteiger partial charge in [-0.1, -0.05) is 30.3 Å². The van der Waals surface area contributed by atoms with E-state index >= 15 is 0 Å². The zero-order chi connectivity index (χ0) is 22.5. The lowest BCUT2D eigenvalue weighted by Gasteiger charge is -2.20. The molecule has 2 amide bonds. The molecule has 2 aliphatic rings. The molecule has 2 atom stereocenters. The first-order chi connectivity index (χ1) is 15.5. The Morgan fingerprint density at radius 2 is 1.72 bits per heavy atom. The quantitative estimate of drug-likeness (QED) is 0.723. The molecule has 0 unspecified atom stereocenters. The largest absolute Gasteiger partial charge is 0.371 e. The Hall–Kier alpha value is -2.97. The fraction of sp³-hybridized carbons (Fsp3) is 0.458. The molecule has 2 aromatic rings. The maximum absolute atomic E-state index is 12.8. The molecule has 0 radical (unpaired) electrons. The Morgan fingerprint density at radius 3 is 2.41 bits per heavy atom. The third-order valence-electron chi connectivity index (χ3n) is 6.04. The van der Waals surface area contributed by atoms with Crippen LogP contribution in [0.3, 0.4) is 0 Å². The fourth-order valence-electron chi connectivity index (χ4n) is 4.13. The molecule has 0 spiro atoms. The van der Waals surface area contributed by atoms with Gasteiger partial charge in [-0.2, -0.15) is 0 Å². The summed E-state index contributed by atoms with van der Waals surface area (Å²) in [4.78, 5) is 38.6. The predicted octanol–water partition coefficient (Wildman–Crippen LogP) is 0.901. The monoisotopic (exact) mass is 439 g/mol. The molecule has 0 aliphatic carbocycles. The van der Waals surface area contributed by atoms with E-state index in [2.05, 4.69) is 5.32 Å². The van der Waals surface area contributed by atoms with Gasteiger partial charge in [-0.15, -0.1) is 0 Å². The number of benzene rings is 1. The van der Waals surface area contributed by atoms with E-state index in [0.717, 1.165) is 11.1 Å². The zero-order valence-corrected chi connectivity index (χ0v) is 18.2. The Kier molecular flexibility index (Phi) is 7.02. The number of aryl methyl sites for hydroxylation is 2. The van der Waals surface area contributed by atoms with E-state index in [0.29, 0.717) is 39.3 Å². The van der Waals surface area contributed by atoms with Gasteiger partial charge in [0.05, 0.1) is 25.7 Å². The van der Waals surface area contributed by atoms with Crippen molar-refractivity contribution in [2.45, 2.75) is 44.6 Å². The molecular weight excluding hydrogens is 410 g/mol. The second-order valence-electron chi connectivity index (χ2n) is 8.39. The first kappa shape index (κ1) is 22.2. The van der Waals surface area contributed by atoms with Crippen LogP contribution in [0.15, 0.2) is 53.5 Å². The van der Waals surface area contributed by atoms with Crippen LogP contribution in [-0.2, 0) is 32.0 Å². The SMILES string of the molecule is Cc1ccccc1CC(=O)N1C[C@@H]2OCC(NC(=O)CCn3ccccc3=O)CO[C@H]2C1. The average molecular weight is 440 g/mol. The van der Waals surface area contributed by atoms with Crippen molar-refractivity contribution in [3.05, 3.63) is 70.1 Å². The van der Waals surface area contributed by atoms with Gasteiger partial charge < -0.3 is 24.3 Å². The van der Waals surface area contributed by atoms with E-state index < -0.39 is 0 Å². The van der Waals surface area contributed by atoms with Crippen LogP contribution in [0.1, 0.15) is 17.5 Å². The maximum atomic E-state index is 12.8. The molecule has 1 aromatic heterocycles. The van der Waals surface area contributed by atoms with Crippen molar-refractivity contribution in [1.29, 1.82) is 0 Å². The summed E-state index contributed by atoms with van der Waals surface area (Å²) in [6, 6.07) is 12.6. The summed E-state index contributed by atoms with van der Waals surface area (Å²) in [6.07, 6.45) is 1.85. The van der Waals surface area contributed by atoms with Crippen LogP contribution < -0.4 is 10.9 Å². The van der Waals surface area contributed by atoms with E-state index in [-0.39, 0.29) is 42.0 Å². The number of nitrogens with one attached hydrogen (secondary N) is 1. The van der Waals surface area contributed by atoms with Crippen LogP contribution in [0.5, 0.6) is 0 Å². The number of likely N-dealkylation sites (tertiary alicyclic amines) is 1. The average Bonchev–Trinajstić information content (AvgIpc) is 3.11. The number of hydrogen-bond donors (Lipinski definition) is 1. The minimum absolute atomic E-state index is 0.0700. The molecule has 2 saturated heterocycles. The molecule has 32 heavy (non-hydrogen) atoms. The smallest absolute Gasteiger partial charge is 0.250 e. The van der Waals surface area contributed by atoms with Crippen molar-refractivity contribution in [2.24, 2.45) is 0 Å². The first-order valence-corrected chi connectivity index (χ1v) is 11.0. The highest BCUT2D eigenvalue weighted by atomic mass is 16.6. The number of aromatic nitrogens is 1. The van der Waals surface area contributed by atoms with Crippen LogP contribution in [0.2, 0.25) is 0 Å². The normalized spacial score (nSPS) is 21.1. The fourth-order valence-corrected chi connectivity index (χ4v) is 4.13. The Labute approximate surface area is 187 Å². The topological polar surface area (TPSA) is 89.9 Å². The van der Waals surface area contributed by atoms with Gasteiger partial charge in [-0.3, -0.25) is 14.4 Å². The van der Waals surface area contributed by atoms with E-state index in [9.17, 15) is 14.4 Å². The first-order valence-electron chi connectivity index (χ1n) is 11.0. The van der Waals surface area contributed by atoms with E-state index in [4.69, 9.17) is 9.47 Å². The Bertz CT molecular complexity index is 1000. The number of carbonyl (C=O) groups excluding carboxylic acids is 2. The summed E-state index contributed by atoms with van der Waals surface area (Å²) in [5.74, 6) is -0.0828. The number of amides is 2. The third kappa shape index (κ3) is 5.44. The second kappa shape index (κ2) is 10.1. The highest BCUT2D eigenvalue weighted by molar-refractivity contribution is 5.79. The van der Waals surface area contributed by atoms with E-state index in [1.165, 1.54) is 10.6 Å². The summed E-state index contributed by atoms with van der Waals surface area (Å²) in [7, 11) is 0. The number of fused-ring (bicyclic) bond motifs is 1. The van der Waals surface area contributed by atoms with Crippen LogP contribution in [-0.4, -0.2) is 65.8 Å². The number of pyridine rings is 1. The highest BCUT2D eigenvalue weighted by Crippen LogP contribution is 2.21. The summed E-state index contributed by atoms with van der Waals surface area (Å²) in [5, 5.41) is 2.93. The Morgan fingerprint density at radius 1 is 1.03 bits per heavy atom. The molecule has 2 fully saturated rings. The minimum atomic E-state index is -0.253. The number of rotatable bonds is 6. The van der Waals surface area contributed by atoms with Crippen molar-refractivity contribution >= 4 is 11.8 Å². The van der Waals surface area contributed by atoms with Gasteiger partial charge in [0.25, 0.3) is 5.56 Å². The van der Waals surface area contributed by atoms with Gasteiger partial charge in [0.2, 0.25) is 11.8 Å². The lowest BCUT2D eigenvalue weighted by Crippen LogP contribution is -2.42. The number of hydrogen-bond acceptors (Lipinski definition) is 5. The van der Waals surface area contributed by atoms with Gasteiger partial charge >= 0.3 is 0 Å². The second-order valence-corrected chi connectivity index (χ2v) is 8.39. The molecule has 8 heteroatoms. The predicted molar refractivity (Wildman–Crippen MR) is 118 cm³/mol. The minimum Gasteiger partial charge on any atom is -0.371 e. The van der Waals surface area contributed by atoms with Crippen molar-refractivity contribution < 1.29 is 19.1 Å². The van der Waals surface area contributed by atoms with E-state index in [1.807, 2.05) is 31.2 Å². The summed E-state index contributed by atoms with van der Waals surface area (Å²) < 4.78 is 13.5. The molecule has 8 nitrogen and oxygen atoms in total. The Balaban J connectivity index is 1.23. The van der Waals surface area contributed by atoms with Crippen molar-refractivity contribution in [2.75, 3.05) is 26.3 Å². The lowest BCUT2D eigenvalue weighted by atomic mass is 10.1. The summed E-state index contributed by atoms with van der Waals surface area (Å²) >= 11 is 0. The maximum Gasteiger partial charge on any atom is 0.250 e. The van der Waals surface area contributed by atoms with Crippen LogP contribution in [0, 0.1) is 6.92 Å². The van der Waals surface area contributed by atoms with Crippen LogP contribution in [0.4, 0.5) is 0 Å². The van der Waals surface area contributed by atoms with Crippen molar-refractivity contribution in [3.8, 4) is 0 Å². The molecule has 0 saturated carbocycles. The molecular formula is C24H29N3O5. The number of nitrogens with zero attached hydrogens (tertiary/aromatic N) is 2. The van der Waals surface area contributed by atoms with Crippen LogP contribution >= 0.6 is 0 Å². The molecule has 1 N–H and O–H groups in total. The van der Waals surface area contributed by atoms with Gasteiger partial charge in [0, 0.05) is 38.3 Å². The number of ether oxygens (including phenoxy) is 2. The zero-order valence-electron chi connectivity index (χ0n) is 18.2. The standard InChI is InChI=1S/C24H29N3O5/c1-17-6-2-3-7-18(17)12-24(30)27-13-20-21(14-27)32-16-19(15-31-20)25-22(28)9-11-26-10-5-4-8-23(26)29/h2-8,10,19-21H,9,11-16H2,1H3,(H,25,28)/t20-,21-/m0/s1. The molecule has 1 aromatic carbocycles. The summed E-state index contributed by atoms with van der Waals surface area (Å²) in [6.45, 7) is 3.98. The van der Waals surface area contributed by atoms with Crippen LogP contribution in [0.25, 0.3) is 0 Å². The third-order valence-corrected chi connectivity index (χ3v) is 6.04. The van der Waals surface area contributed by atoms with Crippen molar-refractivity contribution in [1.82, 2.24) is 14.8 Å².